The summed E-state index contributed by atoms with van der Waals surface area (Å²) < 4.78 is 0. The second-order valence-corrected chi connectivity index (χ2v) is 4.85. The second-order valence-electron chi connectivity index (χ2n) is 4.85. The molecule has 0 fully saturated rings. The number of rotatable bonds is 4. The van der Waals surface area contributed by atoms with Crippen molar-refractivity contribution < 1.29 is 14.4 Å². The standard InChI is InChI=1S/C16H16N4O3/c1-3-10-17-15(22)11-6-4-5-7-12(11)18-16(23)13-8-9-14(21)20(2)19-13/h1,4-7H,8-10H2,2H3,(H,17,22)(H,18,23). The van der Waals surface area contributed by atoms with Crippen LogP contribution in [0.15, 0.2) is 29.4 Å². The topological polar surface area (TPSA) is 90.9 Å². The Morgan fingerprint density at radius 1 is 1.30 bits per heavy atom. The monoisotopic (exact) mass is 312 g/mol. The highest BCUT2D eigenvalue weighted by atomic mass is 16.2. The lowest BCUT2D eigenvalue weighted by molar-refractivity contribution is -0.130. The van der Waals surface area contributed by atoms with Gasteiger partial charge in [0.25, 0.3) is 11.8 Å². The molecule has 0 spiro atoms. The van der Waals surface area contributed by atoms with Crippen LogP contribution in [0, 0.1) is 12.3 Å². The Labute approximate surface area is 133 Å². The molecule has 1 aliphatic rings. The van der Waals surface area contributed by atoms with E-state index in [0.29, 0.717) is 11.3 Å². The minimum absolute atomic E-state index is 0.0979. The molecule has 1 heterocycles. The van der Waals surface area contributed by atoms with Crippen molar-refractivity contribution in [2.24, 2.45) is 5.10 Å². The number of hydrogen-bond acceptors (Lipinski definition) is 4. The highest BCUT2D eigenvalue weighted by Gasteiger charge is 2.23. The Morgan fingerprint density at radius 3 is 2.74 bits per heavy atom. The van der Waals surface area contributed by atoms with E-state index in [1.165, 1.54) is 7.05 Å². The number of amides is 3. The van der Waals surface area contributed by atoms with E-state index in [1.54, 1.807) is 24.3 Å². The number of carbonyl (C=O) groups is 3. The molecule has 7 nitrogen and oxygen atoms in total. The number of para-hydroxylation sites is 1. The van der Waals surface area contributed by atoms with Crippen molar-refractivity contribution in [2.45, 2.75) is 12.8 Å². The number of benzene rings is 1. The zero-order valence-corrected chi connectivity index (χ0v) is 12.6. The SMILES string of the molecule is C#CCNC(=O)c1ccccc1NC(=O)C1=NN(C)C(=O)CC1. The van der Waals surface area contributed by atoms with Crippen LogP contribution in [-0.4, -0.2) is 42.0 Å². The predicted octanol–water partition coefficient (Wildman–Crippen LogP) is 0.596. The van der Waals surface area contributed by atoms with Gasteiger partial charge in [0.15, 0.2) is 0 Å². The van der Waals surface area contributed by atoms with Crippen LogP contribution in [-0.2, 0) is 9.59 Å². The van der Waals surface area contributed by atoms with Crippen LogP contribution < -0.4 is 10.6 Å². The molecule has 1 aromatic rings. The van der Waals surface area contributed by atoms with E-state index in [2.05, 4.69) is 21.7 Å². The summed E-state index contributed by atoms with van der Waals surface area (Å²) in [6.07, 6.45) is 5.61. The normalized spacial score (nSPS) is 13.8. The highest BCUT2D eigenvalue weighted by Crippen LogP contribution is 2.16. The molecular weight excluding hydrogens is 296 g/mol. The molecular formula is C16H16N4O3. The molecule has 23 heavy (non-hydrogen) atoms. The Balaban J connectivity index is 2.16. The first-order valence-corrected chi connectivity index (χ1v) is 6.99. The summed E-state index contributed by atoms with van der Waals surface area (Å²) in [5.41, 5.74) is 0.900. The van der Waals surface area contributed by atoms with E-state index < -0.39 is 5.91 Å². The van der Waals surface area contributed by atoms with Crippen molar-refractivity contribution in [3.8, 4) is 12.3 Å². The van der Waals surface area contributed by atoms with Crippen LogP contribution in [0.25, 0.3) is 0 Å². The van der Waals surface area contributed by atoms with Gasteiger partial charge < -0.3 is 10.6 Å². The number of hydrogen-bond donors (Lipinski definition) is 2. The fourth-order valence-electron chi connectivity index (χ4n) is 2.04. The smallest absolute Gasteiger partial charge is 0.271 e. The molecule has 2 N–H and O–H groups in total. The summed E-state index contributed by atoms with van der Waals surface area (Å²) in [7, 11) is 1.50. The number of nitrogens with one attached hydrogen (secondary N) is 2. The van der Waals surface area contributed by atoms with Gasteiger partial charge in [-0.1, -0.05) is 18.1 Å². The van der Waals surface area contributed by atoms with E-state index in [0.717, 1.165) is 5.01 Å². The van der Waals surface area contributed by atoms with Crippen LogP contribution in [0.1, 0.15) is 23.2 Å². The van der Waals surface area contributed by atoms with Crippen molar-refractivity contribution in [3.63, 3.8) is 0 Å². The summed E-state index contributed by atoms with van der Waals surface area (Å²) in [5.74, 6) is 1.35. The zero-order valence-electron chi connectivity index (χ0n) is 12.6. The number of carbonyl (C=O) groups excluding carboxylic acids is 3. The van der Waals surface area contributed by atoms with E-state index >= 15 is 0 Å². The summed E-state index contributed by atoms with van der Waals surface area (Å²) in [4.78, 5) is 35.7. The average Bonchev–Trinajstić information content (AvgIpc) is 2.55. The Morgan fingerprint density at radius 2 is 2.04 bits per heavy atom. The van der Waals surface area contributed by atoms with Gasteiger partial charge in [0, 0.05) is 19.9 Å². The van der Waals surface area contributed by atoms with Crippen LogP contribution in [0.2, 0.25) is 0 Å². The first-order valence-electron chi connectivity index (χ1n) is 6.99. The molecule has 3 amide bonds. The minimum atomic E-state index is -0.443. The number of terminal acetylenes is 1. The van der Waals surface area contributed by atoms with Gasteiger partial charge >= 0.3 is 0 Å². The fourth-order valence-corrected chi connectivity index (χ4v) is 2.04. The van der Waals surface area contributed by atoms with Crippen molar-refractivity contribution in [1.29, 1.82) is 0 Å². The third kappa shape index (κ3) is 3.95. The molecule has 0 aromatic heterocycles. The third-order valence-corrected chi connectivity index (χ3v) is 3.24. The van der Waals surface area contributed by atoms with Gasteiger partial charge in [-0.3, -0.25) is 14.4 Å². The largest absolute Gasteiger partial charge is 0.341 e. The summed E-state index contributed by atoms with van der Waals surface area (Å²) in [6.45, 7) is 0.0979. The maximum absolute atomic E-state index is 12.3. The van der Waals surface area contributed by atoms with Crippen molar-refractivity contribution >= 4 is 29.1 Å². The second kappa shape index (κ2) is 7.22. The molecule has 118 valence electrons. The van der Waals surface area contributed by atoms with E-state index in [4.69, 9.17) is 6.42 Å². The van der Waals surface area contributed by atoms with Crippen molar-refractivity contribution in [1.82, 2.24) is 10.3 Å². The lowest BCUT2D eigenvalue weighted by atomic mass is 10.1. The molecule has 0 aliphatic carbocycles. The first-order chi connectivity index (χ1) is 11.0. The van der Waals surface area contributed by atoms with Gasteiger partial charge in [-0.05, 0) is 12.1 Å². The lowest BCUT2D eigenvalue weighted by Gasteiger charge is -2.19. The average molecular weight is 312 g/mol. The summed E-state index contributed by atoms with van der Waals surface area (Å²) in [5, 5.41) is 10.3. The molecule has 0 saturated carbocycles. The Bertz CT molecular complexity index is 718. The van der Waals surface area contributed by atoms with Crippen molar-refractivity contribution in [3.05, 3.63) is 29.8 Å². The summed E-state index contributed by atoms with van der Waals surface area (Å²) in [6, 6.07) is 6.58. The van der Waals surface area contributed by atoms with E-state index in [9.17, 15) is 14.4 Å². The summed E-state index contributed by atoms with van der Waals surface area (Å²) >= 11 is 0. The van der Waals surface area contributed by atoms with Crippen LogP contribution in [0.5, 0.6) is 0 Å². The molecule has 0 atom stereocenters. The number of nitrogens with zero attached hydrogens (tertiary/aromatic N) is 2. The minimum Gasteiger partial charge on any atom is -0.341 e. The van der Waals surface area contributed by atoms with Crippen molar-refractivity contribution in [2.75, 3.05) is 18.9 Å². The van der Waals surface area contributed by atoms with E-state index in [-0.39, 0.29) is 36.9 Å². The van der Waals surface area contributed by atoms with Gasteiger partial charge in [0.2, 0.25) is 5.91 Å². The van der Waals surface area contributed by atoms with Crippen LogP contribution in [0.4, 0.5) is 5.69 Å². The van der Waals surface area contributed by atoms with Crippen LogP contribution in [0.3, 0.4) is 0 Å². The van der Waals surface area contributed by atoms with Gasteiger partial charge in [-0.2, -0.15) is 5.10 Å². The number of anilines is 1. The van der Waals surface area contributed by atoms with E-state index in [1.807, 2.05) is 0 Å². The predicted molar refractivity (Wildman–Crippen MR) is 85.7 cm³/mol. The third-order valence-electron chi connectivity index (χ3n) is 3.24. The molecule has 0 bridgehead atoms. The zero-order chi connectivity index (χ0) is 16.8. The highest BCUT2D eigenvalue weighted by molar-refractivity contribution is 6.43. The van der Waals surface area contributed by atoms with Gasteiger partial charge in [-0.15, -0.1) is 6.42 Å². The number of hydrazone groups is 1. The van der Waals surface area contributed by atoms with Gasteiger partial charge in [-0.25, -0.2) is 5.01 Å². The lowest BCUT2D eigenvalue weighted by Crippen LogP contribution is -2.34. The maximum atomic E-state index is 12.3. The Kier molecular flexibility index (Phi) is 5.10. The Hall–Kier alpha value is -3.14. The van der Waals surface area contributed by atoms with Crippen LogP contribution >= 0.6 is 0 Å². The molecule has 2 rings (SSSR count). The van der Waals surface area contributed by atoms with Gasteiger partial charge in [0.1, 0.15) is 5.71 Å². The fraction of sp³-hybridized carbons (Fsp3) is 0.250. The molecule has 7 heteroatoms. The molecule has 1 aromatic carbocycles. The molecule has 0 radical (unpaired) electrons. The molecule has 0 unspecified atom stereocenters. The maximum Gasteiger partial charge on any atom is 0.271 e. The van der Waals surface area contributed by atoms with Gasteiger partial charge in [0.05, 0.1) is 17.8 Å². The molecule has 1 aliphatic heterocycles. The molecule has 0 saturated heterocycles. The quantitative estimate of drug-likeness (QED) is 0.798. The first kappa shape index (κ1) is 16.2.